The number of aromatic nitrogens is 3. The quantitative estimate of drug-likeness (QED) is 0.933. The van der Waals surface area contributed by atoms with E-state index in [0.717, 1.165) is 15.9 Å². The summed E-state index contributed by atoms with van der Waals surface area (Å²) < 4.78 is 2.73. The van der Waals surface area contributed by atoms with Crippen molar-refractivity contribution in [2.45, 2.75) is 12.5 Å². The number of nitrogens with two attached hydrogens (primary N) is 1. The highest BCUT2D eigenvalue weighted by molar-refractivity contribution is 9.10. The van der Waals surface area contributed by atoms with Crippen molar-refractivity contribution >= 4 is 15.9 Å². The Labute approximate surface area is 103 Å². The van der Waals surface area contributed by atoms with Crippen molar-refractivity contribution in [3.05, 3.63) is 46.5 Å². The van der Waals surface area contributed by atoms with Crippen molar-refractivity contribution < 1.29 is 0 Å². The van der Waals surface area contributed by atoms with Crippen LogP contribution in [0.1, 0.15) is 17.4 Å². The SMILES string of the molecule is Cn1ccc(C(N)Cc2ccc(Br)cn2)n1. The molecule has 0 aliphatic carbocycles. The average molecular weight is 281 g/mol. The maximum atomic E-state index is 6.05. The number of rotatable bonds is 3. The van der Waals surface area contributed by atoms with Crippen LogP contribution in [-0.4, -0.2) is 14.8 Å². The van der Waals surface area contributed by atoms with Crippen molar-refractivity contribution in [1.82, 2.24) is 14.8 Å². The van der Waals surface area contributed by atoms with Gasteiger partial charge in [0.15, 0.2) is 0 Å². The fourth-order valence-corrected chi connectivity index (χ4v) is 1.72. The minimum atomic E-state index is -0.102. The minimum Gasteiger partial charge on any atom is -0.322 e. The Kier molecular flexibility index (Phi) is 3.36. The van der Waals surface area contributed by atoms with Crippen LogP contribution >= 0.6 is 15.9 Å². The monoisotopic (exact) mass is 280 g/mol. The van der Waals surface area contributed by atoms with Crippen molar-refractivity contribution in [2.24, 2.45) is 12.8 Å². The molecule has 5 heteroatoms. The molecule has 0 fully saturated rings. The summed E-state index contributed by atoms with van der Waals surface area (Å²) in [6.07, 6.45) is 4.37. The van der Waals surface area contributed by atoms with Crippen LogP contribution in [0.15, 0.2) is 35.1 Å². The lowest BCUT2D eigenvalue weighted by atomic mass is 10.1. The number of aryl methyl sites for hydroxylation is 1. The van der Waals surface area contributed by atoms with Gasteiger partial charge in [-0.25, -0.2) is 0 Å². The molecule has 1 unspecified atom stereocenters. The van der Waals surface area contributed by atoms with Crippen molar-refractivity contribution in [3.63, 3.8) is 0 Å². The highest BCUT2D eigenvalue weighted by atomic mass is 79.9. The molecule has 0 spiro atoms. The van der Waals surface area contributed by atoms with Gasteiger partial charge < -0.3 is 5.73 Å². The Balaban J connectivity index is 2.07. The van der Waals surface area contributed by atoms with Gasteiger partial charge in [-0.05, 0) is 34.1 Å². The third-order valence-electron chi connectivity index (χ3n) is 2.33. The first-order chi connectivity index (χ1) is 7.65. The standard InChI is InChI=1S/C11H13BrN4/c1-16-5-4-11(15-16)10(13)6-9-3-2-8(12)7-14-9/h2-5,7,10H,6,13H2,1H3. The van der Waals surface area contributed by atoms with E-state index in [2.05, 4.69) is 26.0 Å². The van der Waals surface area contributed by atoms with Crippen LogP contribution in [0.5, 0.6) is 0 Å². The molecule has 2 rings (SSSR count). The molecule has 0 aromatic carbocycles. The molecular weight excluding hydrogens is 268 g/mol. The van der Waals surface area contributed by atoms with E-state index >= 15 is 0 Å². The Bertz CT molecular complexity index is 463. The molecule has 4 nitrogen and oxygen atoms in total. The number of pyridine rings is 1. The molecule has 16 heavy (non-hydrogen) atoms. The van der Waals surface area contributed by atoms with Crippen molar-refractivity contribution in [1.29, 1.82) is 0 Å². The molecular formula is C11H13BrN4. The van der Waals surface area contributed by atoms with Gasteiger partial charge in [0.1, 0.15) is 0 Å². The molecule has 0 saturated carbocycles. The summed E-state index contributed by atoms with van der Waals surface area (Å²) in [5.74, 6) is 0. The van der Waals surface area contributed by atoms with E-state index in [4.69, 9.17) is 5.73 Å². The number of halogens is 1. The molecule has 0 bridgehead atoms. The van der Waals surface area contributed by atoms with E-state index in [1.54, 1.807) is 10.9 Å². The van der Waals surface area contributed by atoms with Crippen LogP contribution in [0, 0.1) is 0 Å². The molecule has 0 saturated heterocycles. The second-order valence-electron chi connectivity index (χ2n) is 3.69. The fourth-order valence-electron chi connectivity index (χ4n) is 1.49. The third kappa shape index (κ3) is 2.68. The molecule has 2 N–H and O–H groups in total. The largest absolute Gasteiger partial charge is 0.322 e. The highest BCUT2D eigenvalue weighted by Crippen LogP contribution is 2.14. The predicted molar refractivity (Wildman–Crippen MR) is 65.8 cm³/mol. The lowest BCUT2D eigenvalue weighted by molar-refractivity contribution is 0.649. The Morgan fingerprint density at radius 3 is 2.81 bits per heavy atom. The zero-order chi connectivity index (χ0) is 11.5. The van der Waals surface area contributed by atoms with Crippen molar-refractivity contribution in [3.8, 4) is 0 Å². The first kappa shape index (κ1) is 11.3. The van der Waals surface area contributed by atoms with Gasteiger partial charge in [-0.3, -0.25) is 9.67 Å². The van der Waals surface area contributed by atoms with Gasteiger partial charge in [-0.15, -0.1) is 0 Å². The van der Waals surface area contributed by atoms with Crippen LogP contribution in [0.2, 0.25) is 0 Å². The van der Waals surface area contributed by atoms with Gasteiger partial charge in [0, 0.05) is 36.0 Å². The van der Waals surface area contributed by atoms with Gasteiger partial charge >= 0.3 is 0 Å². The molecule has 0 radical (unpaired) electrons. The second-order valence-corrected chi connectivity index (χ2v) is 4.61. The van der Waals surface area contributed by atoms with Gasteiger partial charge in [-0.2, -0.15) is 5.10 Å². The summed E-state index contributed by atoms with van der Waals surface area (Å²) in [6, 6.07) is 5.76. The minimum absolute atomic E-state index is 0.102. The van der Waals surface area contributed by atoms with Gasteiger partial charge in [0.25, 0.3) is 0 Å². The summed E-state index contributed by atoms with van der Waals surface area (Å²) in [5, 5.41) is 4.28. The van der Waals surface area contributed by atoms with Gasteiger partial charge in [-0.1, -0.05) is 0 Å². The van der Waals surface area contributed by atoms with E-state index in [-0.39, 0.29) is 6.04 Å². The molecule has 0 amide bonds. The summed E-state index contributed by atoms with van der Waals surface area (Å²) >= 11 is 3.35. The summed E-state index contributed by atoms with van der Waals surface area (Å²) in [5.41, 5.74) is 7.92. The molecule has 84 valence electrons. The zero-order valence-corrected chi connectivity index (χ0v) is 10.6. The van der Waals surface area contributed by atoms with E-state index < -0.39 is 0 Å². The maximum absolute atomic E-state index is 6.05. The topological polar surface area (TPSA) is 56.7 Å². The highest BCUT2D eigenvalue weighted by Gasteiger charge is 2.10. The van der Waals surface area contributed by atoms with Crippen LogP contribution in [-0.2, 0) is 13.5 Å². The van der Waals surface area contributed by atoms with Gasteiger partial charge in [0.05, 0.1) is 11.7 Å². The predicted octanol–water partition coefficient (Wildman–Crippen LogP) is 1.82. The second kappa shape index (κ2) is 4.76. The number of hydrogen-bond donors (Lipinski definition) is 1. The maximum Gasteiger partial charge on any atom is 0.0795 e. The first-order valence-corrected chi connectivity index (χ1v) is 5.80. The molecule has 0 aliphatic heterocycles. The summed E-state index contributed by atoms with van der Waals surface area (Å²) in [4.78, 5) is 4.29. The molecule has 2 heterocycles. The van der Waals surface area contributed by atoms with Crippen LogP contribution < -0.4 is 5.73 Å². The van der Waals surface area contributed by atoms with Crippen LogP contribution in [0.4, 0.5) is 0 Å². The van der Waals surface area contributed by atoms with Crippen LogP contribution in [0.3, 0.4) is 0 Å². The molecule has 0 aliphatic rings. The Morgan fingerprint density at radius 2 is 2.25 bits per heavy atom. The summed E-state index contributed by atoms with van der Waals surface area (Å²) in [6.45, 7) is 0. The van der Waals surface area contributed by atoms with E-state index in [1.165, 1.54) is 0 Å². The zero-order valence-electron chi connectivity index (χ0n) is 8.97. The molecule has 2 aromatic heterocycles. The number of hydrogen-bond acceptors (Lipinski definition) is 3. The number of nitrogens with zero attached hydrogens (tertiary/aromatic N) is 3. The third-order valence-corrected chi connectivity index (χ3v) is 2.80. The Hall–Kier alpha value is -1.20. The van der Waals surface area contributed by atoms with Crippen LogP contribution in [0.25, 0.3) is 0 Å². The lowest BCUT2D eigenvalue weighted by Crippen LogP contribution is -2.15. The molecule has 1 atom stereocenters. The van der Waals surface area contributed by atoms with Crippen molar-refractivity contribution in [2.75, 3.05) is 0 Å². The van der Waals surface area contributed by atoms with Gasteiger partial charge in [0.2, 0.25) is 0 Å². The van der Waals surface area contributed by atoms with E-state index in [0.29, 0.717) is 6.42 Å². The van der Waals surface area contributed by atoms with E-state index in [9.17, 15) is 0 Å². The normalized spacial score (nSPS) is 12.7. The van der Waals surface area contributed by atoms with E-state index in [1.807, 2.05) is 31.4 Å². The smallest absolute Gasteiger partial charge is 0.0795 e. The fraction of sp³-hybridized carbons (Fsp3) is 0.273. The Morgan fingerprint density at radius 1 is 1.44 bits per heavy atom. The lowest BCUT2D eigenvalue weighted by Gasteiger charge is -2.07. The molecule has 2 aromatic rings. The average Bonchev–Trinajstić information content (AvgIpc) is 2.68. The summed E-state index contributed by atoms with van der Waals surface area (Å²) in [7, 11) is 1.88. The first-order valence-electron chi connectivity index (χ1n) is 5.00.